The van der Waals surface area contributed by atoms with Gasteiger partial charge in [0.05, 0.1) is 12.1 Å². The summed E-state index contributed by atoms with van der Waals surface area (Å²) >= 11 is 6.11. The van der Waals surface area contributed by atoms with Crippen molar-refractivity contribution in [2.75, 3.05) is 0 Å². The van der Waals surface area contributed by atoms with Crippen LogP contribution in [-0.4, -0.2) is 24.1 Å². The van der Waals surface area contributed by atoms with Gasteiger partial charge in [-0.15, -0.1) is 0 Å². The fourth-order valence-corrected chi connectivity index (χ4v) is 3.56. The van der Waals surface area contributed by atoms with Crippen LogP contribution in [-0.2, 0) is 9.59 Å². The SMILES string of the molecule is CC(C)C(NC(=O)C(c1ccccc1)c1ccccc1)C(=O)N/N=C/c1ccccc1Cl. The summed E-state index contributed by atoms with van der Waals surface area (Å²) in [6.07, 6.45) is 1.48. The van der Waals surface area contributed by atoms with Crippen molar-refractivity contribution in [1.82, 2.24) is 10.7 Å². The third-order valence-electron chi connectivity index (χ3n) is 5.06. The molecule has 0 aliphatic heterocycles. The molecule has 164 valence electrons. The molecule has 3 aromatic rings. The second kappa shape index (κ2) is 11.3. The number of rotatable bonds is 8. The lowest BCUT2D eigenvalue weighted by Gasteiger charge is -2.24. The molecule has 0 saturated heterocycles. The van der Waals surface area contributed by atoms with Crippen molar-refractivity contribution in [3.05, 3.63) is 107 Å². The monoisotopic (exact) mass is 447 g/mol. The van der Waals surface area contributed by atoms with Crippen LogP contribution in [0.4, 0.5) is 0 Å². The zero-order chi connectivity index (χ0) is 22.9. The van der Waals surface area contributed by atoms with Gasteiger partial charge in [0.25, 0.3) is 5.91 Å². The van der Waals surface area contributed by atoms with E-state index in [9.17, 15) is 9.59 Å². The van der Waals surface area contributed by atoms with Gasteiger partial charge in [0.1, 0.15) is 6.04 Å². The Morgan fingerprint density at radius 3 is 1.88 bits per heavy atom. The van der Waals surface area contributed by atoms with Crippen LogP contribution in [0.5, 0.6) is 0 Å². The van der Waals surface area contributed by atoms with E-state index in [1.807, 2.05) is 86.6 Å². The van der Waals surface area contributed by atoms with Crippen LogP contribution < -0.4 is 10.7 Å². The number of hydrazone groups is 1. The minimum Gasteiger partial charge on any atom is -0.343 e. The zero-order valence-electron chi connectivity index (χ0n) is 18.0. The Bertz CT molecular complexity index is 1030. The number of benzene rings is 3. The molecule has 32 heavy (non-hydrogen) atoms. The Hall–Kier alpha value is -3.44. The molecular weight excluding hydrogens is 422 g/mol. The largest absolute Gasteiger partial charge is 0.343 e. The number of halogens is 1. The molecule has 0 spiro atoms. The molecule has 0 fully saturated rings. The van der Waals surface area contributed by atoms with Crippen LogP contribution in [0.25, 0.3) is 0 Å². The quantitative estimate of drug-likeness (QED) is 0.386. The van der Waals surface area contributed by atoms with Crippen molar-refractivity contribution in [3.63, 3.8) is 0 Å². The predicted octanol–water partition coefficient (Wildman–Crippen LogP) is 4.76. The van der Waals surface area contributed by atoms with E-state index in [-0.39, 0.29) is 11.8 Å². The van der Waals surface area contributed by atoms with Gasteiger partial charge in [-0.2, -0.15) is 5.10 Å². The van der Waals surface area contributed by atoms with Crippen LogP contribution in [0.1, 0.15) is 36.5 Å². The van der Waals surface area contributed by atoms with E-state index < -0.39 is 17.9 Å². The Balaban J connectivity index is 1.76. The molecule has 5 nitrogen and oxygen atoms in total. The first-order valence-electron chi connectivity index (χ1n) is 10.4. The Labute approximate surface area is 193 Å². The van der Waals surface area contributed by atoms with Gasteiger partial charge >= 0.3 is 0 Å². The van der Waals surface area contributed by atoms with E-state index >= 15 is 0 Å². The molecule has 0 aliphatic rings. The fraction of sp³-hybridized carbons (Fsp3) is 0.192. The highest BCUT2D eigenvalue weighted by molar-refractivity contribution is 6.33. The van der Waals surface area contributed by atoms with E-state index in [1.54, 1.807) is 12.1 Å². The third kappa shape index (κ3) is 6.05. The molecule has 2 amide bonds. The lowest BCUT2D eigenvalue weighted by Crippen LogP contribution is -2.50. The molecule has 6 heteroatoms. The van der Waals surface area contributed by atoms with Gasteiger partial charge in [0, 0.05) is 10.6 Å². The summed E-state index contributed by atoms with van der Waals surface area (Å²) in [7, 11) is 0. The maximum absolute atomic E-state index is 13.4. The van der Waals surface area contributed by atoms with Gasteiger partial charge in [-0.25, -0.2) is 5.43 Å². The van der Waals surface area contributed by atoms with E-state index in [0.717, 1.165) is 11.1 Å². The number of nitrogens with one attached hydrogen (secondary N) is 2. The van der Waals surface area contributed by atoms with Gasteiger partial charge in [0.2, 0.25) is 5.91 Å². The van der Waals surface area contributed by atoms with Gasteiger partial charge in [-0.3, -0.25) is 9.59 Å². The van der Waals surface area contributed by atoms with E-state index in [0.29, 0.717) is 10.6 Å². The fourth-order valence-electron chi connectivity index (χ4n) is 3.37. The van der Waals surface area contributed by atoms with Gasteiger partial charge in [0.15, 0.2) is 0 Å². The Morgan fingerprint density at radius 2 is 1.34 bits per heavy atom. The second-order valence-corrected chi connectivity index (χ2v) is 8.15. The maximum atomic E-state index is 13.4. The summed E-state index contributed by atoms with van der Waals surface area (Å²) in [4.78, 5) is 26.2. The number of carbonyl (C=O) groups excluding carboxylic acids is 2. The van der Waals surface area contributed by atoms with Gasteiger partial charge < -0.3 is 5.32 Å². The molecule has 3 aromatic carbocycles. The number of hydrogen-bond acceptors (Lipinski definition) is 3. The molecule has 0 radical (unpaired) electrons. The second-order valence-electron chi connectivity index (χ2n) is 7.74. The van der Waals surface area contributed by atoms with Crippen molar-refractivity contribution in [2.24, 2.45) is 11.0 Å². The van der Waals surface area contributed by atoms with Crippen LogP contribution in [0.3, 0.4) is 0 Å². The molecule has 0 heterocycles. The van der Waals surface area contributed by atoms with Crippen molar-refractivity contribution in [2.45, 2.75) is 25.8 Å². The Kier molecular flexibility index (Phi) is 8.17. The molecule has 0 bridgehead atoms. The van der Waals surface area contributed by atoms with Gasteiger partial charge in [-0.1, -0.05) is 104 Å². The van der Waals surface area contributed by atoms with Crippen LogP contribution in [0.15, 0.2) is 90.0 Å². The molecule has 1 unspecified atom stereocenters. The summed E-state index contributed by atoms with van der Waals surface area (Å²) in [5.41, 5.74) is 4.92. The van der Waals surface area contributed by atoms with Crippen molar-refractivity contribution >= 4 is 29.6 Å². The first-order chi connectivity index (χ1) is 15.5. The number of carbonyl (C=O) groups is 2. The first-order valence-corrected chi connectivity index (χ1v) is 10.8. The smallest absolute Gasteiger partial charge is 0.262 e. The molecule has 0 saturated carbocycles. The van der Waals surface area contributed by atoms with Crippen LogP contribution in [0, 0.1) is 5.92 Å². The molecule has 1 atom stereocenters. The summed E-state index contributed by atoms with van der Waals surface area (Å²) in [6.45, 7) is 3.75. The number of amides is 2. The topological polar surface area (TPSA) is 70.6 Å². The minimum atomic E-state index is -0.749. The lowest BCUT2D eigenvalue weighted by atomic mass is 9.89. The van der Waals surface area contributed by atoms with E-state index in [1.165, 1.54) is 6.21 Å². The number of nitrogens with zero attached hydrogens (tertiary/aromatic N) is 1. The first kappa shape index (κ1) is 23.2. The van der Waals surface area contributed by atoms with Crippen LogP contribution >= 0.6 is 11.6 Å². The average Bonchev–Trinajstić information content (AvgIpc) is 2.80. The molecule has 3 rings (SSSR count). The lowest BCUT2D eigenvalue weighted by molar-refractivity contribution is -0.130. The summed E-state index contributed by atoms with van der Waals surface area (Å²) < 4.78 is 0. The van der Waals surface area contributed by atoms with Crippen molar-refractivity contribution < 1.29 is 9.59 Å². The van der Waals surface area contributed by atoms with Crippen LogP contribution in [0.2, 0.25) is 5.02 Å². The Morgan fingerprint density at radius 1 is 0.812 bits per heavy atom. The molecule has 0 aliphatic carbocycles. The maximum Gasteiger partial charge on any atom is 0.262 e. The molecule has 0 aromatic heterocycles. The third-order valence-corrected chi connectivity index (χ3v) is 5.40. The summed E-state index contributed by atoms with van der Waals surface area (Å²) in [6, 6.07) is 25.5. The predicted molar refractivity (Wildman–Crippen MR) is 129 cm³/mol. The average molecular weight is 448 g/mol. The zero-order valence-corrected chi connectivity index (χ0v) is 18.8. The van der Waals surface area contributed by atoms with E-state index in [4.69, 9.17) is 11.6 Å². The highest BCUT2D eigenvalue weighted by Gasteiger charge is 2.29. The standard InChI is InChI=1S/C26H26ClN3O2/c1-18(2)24(26(32)30-28-17-21-15-9-10-16-22(21)27)29-25(31)23(19-11-5-3-6-12-19)20-13-7-4-8-14-20/h3-18,23-24H,1-2H3,(H,29,31)(H,30,32)/b28-17+. The molecular formula is C26H26ClN3O2. The number of hydrogen-bond donors (Lipinski definition) is 2. The normalized spacial score (nSPS) is 12.2. The van der Waals surface area contributed by atoms with Crippen molar-refractivity contribution in [1.29, 1.82) is 0 Å². The highest BCUT2D eigenvalue weighted by Crippen LogP contribution is 2.25. The van der Waals surface area contributed by atoms with Gasteiger partial charge in [-0.05, 0) is 23.1 Å². The summed E-state index contributed by atoms with van der Waals surface area (Å²) in [5, 5.41) is 7.47. The van der Waals surface area contributed by atoms with Crippen molar-refractivity contribution in [3.8, 4) is 0 Å². The highest BCUT2D eigenvalue weighted by atomic mass is 35.5. The minimum absolute atomic E-state index is 0.137. The summed E-state index contributed by atoms with van der Waals surface area (Å²) in [5.74, 6) is -1.30. The molecule has 2 N–H and O–H groups in total. The van der Waals surface area contributed by atoms with E-state index in [2.05, 4.69) is 15.8 Å².